The van der Waals surface area contributed by atoms with Gasteiger partial charge in [-0.05, 0) is 0 Å². The van der Waals surface area contributed by atoms with Gasteiger partial charge in [-0.25, -0.2) is 0 Å². The van der Waals surface area contributed by atoms with Crippen LogP contribution in [0.2, 0.25) is 0 Å². The van der Waals surface area contributed by atoms with E-state index in [-0.39, 0.29) is 14.5 Å². The van der Waals surface area contributed by atoms with Crippen LogP contribution in [-0.4, -0.2) is 24.5 Å². The molecule has 4 heterocycles. The van der Waals surface area contributed by atoms with Gasteiger partial charge in [-0.1, -0.05) is 0 Å². The van der Waals surface area contributed by atoms with Crippen LogP contribution in [0, 0.1) is 0 Å². The molecule has 5 rings (SSSR count). The third-order valence-corrected chi connectivity index (χ3v) is 7.76. The average Bonchev–Trinajstić information content (AvgIpc) is 3.38. The van der Waals surface area contributed by atoms with E-state index in [9.17, 15) is 0 Å². The molecular formula is C20H12N2S2Se. The summed E-state index contributed by atoms with van der Waals surface area (Å²) in [6.07, 6.45) is 4.56. The first-order valence-electron chi connectivity index (χ1n) is 7.83. The van der Waals surface area contributed by atoms with Gasteiger partial charge in [-0.15, -0.1) is 0 Å². The van der Waals surface area contributed by atoms with Gasteiger partial charge in [0, 0.05) is 0 Å². The van der Waals surface area contributed by atoms with Crippen LogP contribution in [0.1, 0.15) is 9.75 Å². The third kappa shape index (κ3) is 2.90. The number of fused-ring (bicyclic) bond motifs is 2. The van der Waals surface area contributed by atoms with Crippen LogP contribution in [-0.2, 0) is 0 Å². The van der Waals surface area contributed by atoms with Crippen LogP contribution in [0.3, 0.4) is 0 Å². The van der Waals surface area contributed by atoms with Crippen LogP contribution in [0.4, 0.5) is 0 Å². The van der Waals surface area contributed by atoms with Crippen LogP contribution >= 0.6 is 22.7 Å². The van der Waals surface area contributed by atoms with E-state index < -0.39 is 0 Å². The Balaban J connectivity index is 1.89. The fourth-order valence-electron chi connectivity index (χ4n) is 2.76. The molecule has 0 aliphatic rings. The standard InChI is InChI=1S/C20H12N2S2Se/c1-2-8-16-15(7-1)21-19-17(11-13-5-3-9-23-13)25-18(20(19)22-16)12-14-6-4-10-24-14/h1-12H/b17-11-,18-12+. The Morgan fingerprint density at radius 2 is 1.20 bits per heavy atom. The zero-order valence-corrected chi connectivity index (χ0v) is 16.4. The van der Waals surface area contributed by atoms with Crippen LogP contribution in [0.15, 0.2) is 59.3 Å². The fourth-order valence-corrected chi connectivity index (χ4v) is 6.69. The van der Waals surface area contributed by atoms with E-state index in [4.69, 9.17) is 9.97 Å². The molecule has 25 heavy (non-hydrogen) atoms. The normalized spacial score (nSPS) is 13.3. The Morgan fingerprint density at radius 3 is 1.64 bits per heavy atom. The quantitative estimate of drug-likeness (QED) is 0.406. The summed E-state index contributed by atoms with van der Waals surface area (Å²) in [5.74, 6) is 0. The van der Waals surface area contributed by atoms with Crippen molar-refractivity contribution in [3.05, 3.63) is 77.2 Å². The van der Waals surface area contributed by atoms with Crippen molar-refractivity contribution in [2.45, 2.75) is 0 Å². The summed E-state index contributed by atoms with van der Waals surface area (Å²) in [6.45, 7) is 0. The first kappa shape index (κ1) is 15.2. The first-order chi connectivity index (χ1) is 12.4. The van der Waals surface area contributed by atoms with E-state index in [0.717, 1.165) is 22.1 Å². The van der Waals surface area contributed by atoms with E-state index in [1.807, 2.05) is 24.3 Å². The SMILES string of the molecule is C(/c1cccs1)=c1/[se]/c(=C/c2cccs2)c2nc3ccccc3nc12. The molecule has 120 valence electrons. The molecule has 0 N–H and O–H groups in total. The zero-order chi connectivity index (χ0) is 16.6. The van der Waals surface area contributed by atoms with Gasteiger partial charge in [0.05, 0.1) is 0 Å². The Morgan fingerprint density at radius 1 is 0.680 bits per heavy atom. The molecule has 1 aromatic carbocycles. The summed E-state index contributed by atoms with van der Waals surface area (Å²) >= 11 is 3.74. The second-order valence-electron chi connectivity index (χ2n) is 5.56. The van der Waals surface area contributed by atoms with Gasteiger partial charge in [0.1, 0.15) is 0 Å². The van der Waals surface area contributed by atoms with Crippen LogP contribution in [0.5, 0.6) is 0 Å². The van der Waals surface area contributed by atoms with E-state index in [0.29, 0.717) is 0 Å². The molecule has 0 atom stereocenters. The molecule has 0 aliphatic heterocycles. The Bertz CT molecular complexity index is 1180. The minimum absolute atomic E-state index is 0.216. The molecule has 5 heteroatoms. The van der Waals surface area contributed by atoms with E-state index in [1.165, 1.54) is 17.9 Å². The second-order valence-corrected chi connectivity index (χ2v) is 9.79. The fraction of sp³-hybridized carbons (Fsp3) is 0. The summed E-state index contributed by atoms with van der Waals surface area (Å²) in [4.78, 5) is 12.4. The molecular weight excluding hydrogens is 411 g/mol. The number of nitrogens with zero attached hydrogens (tertiary/aromatic N) is 2. The van der Waals surface area contributed by atoms with Gasteiger partial charge in [-0.2, -0.15) is 0 Å². The van der Waals surface area contributed by atoms with Crippen molar-refractivity contribution in [1.82, 2.24) is 9.97 Å². The number of rotatable bonds is 2. The summed E-state index contributed by atoms with van der Waals surface area (Å²) in [7, 11) is 0. The maximum atomic E-state index is 4.95. The molecule has 2 nitrogen and oxygen atoms in total. The molecule has 0 radical (unpaired) electrons. The first-order valence-corrected chi connectivity index (χ1v) is 11.3. The Hall–Kier alpha value is -2.04. The van der Waals surface area contributed by atoms with Gasteiger partial charge in [0.2, 0.25) is 0 Å². The molecule has 0 saturated carbocycles. The average molecular weight is 423 g/mol. The summed E-state index contributed by atoms with van der Waals surface area (Å²) in [5.41, 5.74) is 4.03. The van der Waals surface area contributed by atoms with E-state index in [1.54, 1.807) is 22.7 Å². The second kappa shape index (κ2) is 6.36. The third-order valence-electron chi connectivity index (χ3n) is 3.89. The Kier molecular flexibility index (Phi) is 3.87. The monoisotopic (exact) mass is 424 g/mol. The van der Waals surface area contributed by atoms with Crippen molar-refractivity contribution in [3.8, 4) is 0 Å². The minimum atomic E-state index is 0.216. The molecule has 0 amide bonds. The van der Waals surface area contributed by atoms with Crippen molar-refractivity contribution < 1.29 is 0 Å². The van der Waals surface area contributed by atoms with Crippen molar-refractivity contribution in [3.63, 3.8) is 0 Å². The van der Waals surface area contributed by atoms with E-state index >= 15 is 0 Å². The van der Waals surface area contributed by atoms with Gasteiger partial charge >= 0.3 is 159 Å². The summed E-state index contributed by atoms with van der Waals surface area (Å²) in [6, 6.07) is 16.6. The number of para-hydroxylation sites is 2. The summed E-state index contributed by atoms with van der Waals surface area (Å²) in [5, 5.41) is 4.23. The molecule has 0 bridgehead atoms. The molecule has 0 saturated heterocycles. The van der Waals surface area contributed by atoms with Gasteiger partial charge in [0.25, 0.3) is 0 Å². The number of thiophene rings is 2. The number of hydrogen-bond acceptors (Lipinski definition) is 4. The Labute approximate surface area is 158 Å². The van der Waals surface area contributed by atoms with Gasteiger partial charge in [0.15, 0.2) is 0 Å². The predicted octanol–water partition coefficient (Wildman–Crippen LogP) is 3.62. The molecule has 0 fully saturated rings. The number of aromatic nitrogens is 2. The van der Waals surface area contributed by atoms with Crippen LogP contribution < -0.4 is 8.19 Å². The van der Waals surface area contributed by atoms with Crippen LogP contribution in [0.25, 0.3) is 34.2 Å². The van der Waals surface area contributed by atoms with Crippen molar-refractivity contribution in [2.75, 3.05) is 0 Å². The molecule has 5 aromatic rings. The maximum absolute atomic E-state index is 4.95. The van der Waals surface area contributed by atoms with E-state index in [2.05, 4.69) is 47.2 Å². The summed E-state index contributed by atoms with van der Waals surface area (Å²) < 4.78 is 2.62. The zero-order valence-electron chi connectivity index (χ0n) is 13.0. The predicted molar refractivity (Wildman–Crippen MR) is 109 cm³/mol. The van der Waals surface area contributed by atoms with Gasteiger partial charge in [-0.3, -0.25) is 0 Å². The molecule has 0 spiro atoms. The van der Waals surface area contributed by atoms with Gasteiger partial charge < -0.3 is 0 Å². The van der Waals surface area contributed by atoms with Crippen molar-refractivity contribution in [1.29, 1.82) is 0 Å². The topological polar surface area (TPSA) is 25.8 Å². The molecule has 0 aliphatic carbocycles. The number of hydrogen-bond donors (Lipinski definition) is 0. The molecule has 0 unspecified atom stereocenters. The van der Waals surface area contributed by atoms with Crippen molar-refractivity contribution >= 4 is 71.4 Å². The number of benzene rings is 1. The molecule has 4 aromatic heterocycles. The van der Waals surface area contributed by atoms with Crippen molar-refractivity contribution in [2.24, 2.45) is 0 Å².